The molecule has 1 amide bonds. The number of rotatable bonds is 6. The molecule has 0 aliphatic heterocycles. The first kappa shape index (κ1) is 18.5. The SMILES string of the molecule is Cn1ccnc1-c1c(-c2ccccc2)ncn1CCC(=O)NC1CCCCC1. The number of aryl methyl sites for hydroxylation is 2. The molecule has 1 fully saturated rings. The summed E-state index contributed by atoms with van der Waals surface area (Å²) in [6, 6.07) is 10.5. The third-order valence-electron chi connectivity index (χ3n) is 5.47. The quantitative estimate of drug-likeness (QED) is 0.711. The molecule has 2 heterocycles. The second-order valence-corrected chi connectivity index (χ2v) is 7.52. The van der Waals surface area contributed by atoms with E-state index in [1.807, 2.05) is 46.9 Å². The van der Waals surface area contributed by atoms with Gasteiger partial charge in [-0.15, -0.1) is 0 Å². The lowest BCUT2D eigenvalue weighted by Crippen LogP contribution is -2.36. The first-order valence-corrected chi connectivity index (χ1v) is 10.1. The maximum absolute atomic E-state index is 12.5. The molecule has 1 saturated carbocycles. The van der Waals surface area contributed by atoms with Crippen molar-refractivity contribution < 1.29 is 4.79 Å². The van der Waals surface area contributed by atoms with Crippen LogP contribution in [0.5, 0.6) is 0 Å². The molecule has 1 aliphatic carbocycles. The number of imidazole rings is 2. The van der Waals surface area contributed by atoms with Crippen LogP contribution >= 0.6 is 0 Å². The Bertz CT molecular complexity index is 922. The van der Waals surface area contributed by atoms with Crippen LogP contribution in [-0.4, -0.2) is 31.1 Å². The molecule has 0 saturated heterocycles. The van der Waals surface area contributed by atoms with E-state index in [2.05, 4.69) is 27.4 Å². The summed E-state index contributed by atoms with van der Waals surface area (Å²) in [6.07, 6.45) is 11.9. The zero-order chi connectivity index (χ0) is 19.3. The van der Waals surface area contributed by atoms with E-state index in [-0.39, 0.29) is 5.91 Å². The Morgan fingerprint density at radius 3 is 2.64 bits per heavy atom. The van der Waals surface area contributed by atoms with Gasteiger partial charge in [-0.2, -0.15) is 0 Å². The van der Waals surface area contributed by atoms with E-state index in [9.17, 15) is 4.79 Å². The van der Waals surface area contributed by atoms with E-state index < -0.39 is 0 Å². The monoisotopic (exact) mass is 377 g/mol. The summed E-state index contributed by atoms with van der Waals surface area (Å²) in [4.78, 5) is 21.6. The molecule has 1 N–H and O–H groups in total. The van der Waals surface area contributed by atoms with Crippen LogP contribution in [0.25, 0.3) is 22.8 Å². The van der Waals surface area contributed by atoms with Gasteiger partial charge < -0.3 is 14.5 Å². The number of hydrogen-bond donors (Lipinski definition) is 1. The van der Waals surface area contributed by atoms with Crippen molar-refractivity contribution >= 4 is 5.91 Å². The standard InChI is InChI=1S/C22H27N5O/c1-26-15-13-23-22(26)21-20(17-8-4-2-5-9-17)24-16-27(21)14-12-19(28)25-18-10-6-3-7-11-18/h2,4-5,8-9,13,15-16,18H,3,6-7,10-12,14H2,1H3,(H,25,28). The highest BCUT2D eigenvalue weighted by atomic mass is 16.1. The molecular formula is C22H27N5O. The number of hydrogen-bond acceptors (Lipinski definition) is 3. The first-order chi connectivity index (χ1) is 13.7. The van der Waals surface area contributed by atoms with Crippen LogP contribution in [0.3, 0.4) is 0 Å². The van der Waals surface area contributed by atoms with E-state index in [1.54, 1.807) is 6.20 Å². The Morgan fingerprint density at radius 2 is 1.93 bits per heavy atom. The maximum Gasteiger partial charge on any atom is 0.222 e. The molecule has 28 heavy (non-hydrogen) atoms. The fraction of sp³-hybridized carbons (Fsp3) is 0.409. The van der Waals surface area contributed by atoms with Crippen LogP contribution < -0.4 is 5.32 Å². The lowest BCUT2D eigenvalue weighted by Gasteiger charge is -2.22. The van der Waals surface area contributed by atoms with Gasteiger partial charge in [-0.1, -0.05) is 49.6 Å². The minimum absolute atomic E-state index is 0.118. The van der Waals surface area contributed by atoms with E-state index in [1.165, 1.54) is 19.3 Å². The van der Waals surface area contributed by atoms with E-state index in [0.29, 0.717) is 19.0 Å². The number of carbonyl (C=O) groups excluding carboxylic acids is 1. The van der Waals surface area contributed by atoms with Crippen LogP contribution in [0.1, 0.15) is 38.5 Å². The summed E-state index contributed by atoms with van der Waals surface area (Å²) in [7, 11) is 1.98. The molecule has 1 aromatic carbocycles. The zero-order valence-electron chi connectivity index (χ0n) is 16.3. The summed E-state index contributed by atoms with van der Waals surface area (Å²) >= 11 is 0. The fourth-order valence-corrected chi connectivity index (χ4v) is 3.96. The van der Waals surface area contributed by atoms with E-state index >= 15 is 0 Å². The van der Waals surface area contributed by atoms with Crippen LogP contribution in [0.15, 0.2) is 49.1 Å². The van der Waals surface area contributed by atoms with Gasteiger partial charge in [0.2, 0.25) is 5.91 Å². The molecule has 0 unspecified atom stereocenters. The average Bonchev–Trinajstić information content (AvgIpc) is 3.33. The molecule has 0 atom stereocenters. The number of nitrogens with zero attached hydrogens (tertiary/aromatic N) is 4. The predicted molar refractivity (Wildman–Crippen MR) is 109 cm³/mol. The summed E-state index contributed by atoms with van der Waals surface area (Å²) < 4.78 is 4.03. The summed E-state index contributed by atoms with van der Waals surface area (Å²) in [6.45, 7) is 0.584. The number of aromatic nitrogens is 4. The molecule has 146 valence electrons. The van der Waals surface area contributed by atoms with Crippen molar-refractivity contribution in [3.05, 3.63) is 49.1 Å². The van der Waals surface area contributed by atoms with Gasteiger partial charge in [0.15, 0.2) is 5.82 Å². The zero-order valence-corrected chi connectivity index (χ0v) is 16.3. The molecule has 6 nitrogen and oxygen atoms in total. The fourth-order valence-electron chi connectivity index (χ4n) is 3.96. The lowest BCUT2D eigenvalue weighted by atomic mass is 9.95. The second kappa shape index (κ2) is 8.42. The van der Waals surface area contributed by atoms with Gasteiger partial charge in [0.25, 0.3) is 0 Å². The molecule has 3 aromatic rings. The van der Waals surface area contributed by atoms with E-state index in [0.717, 1.165) is 35.6 Å². The lowest BCUT2D eigenvalue weighted by molar-refractivity contribution is -0.122. The Labute approximate surface area is 165 Å². The minimum atomic E-state index is 0.118. The number of benzene rings is 1. The number of amides is 1. The molecule has 6 heteroatoms. The van der Waals surface area contributed by atoms with Gasteiger partial charge in [0.1, 0.15) is 5.69 Å². The summed E-state index contributed by atoms with van der Waals surface area (Å²) in [5.74, 6) is 0.969. The Hall–Kier alpha value is -2.89. The van der Waals surface area contributed by atoms with Crippen molar-refractivity contribution in [2.75, 3.05) is 0 Å². The maximum atomic E-state index is 12.5. The minimum Gasteiger partial charge on any atom is -0.353 e. The van der Waals surface area contributed by atoms with Gasteiger partial charge in [-0.3, -0.25) is 4.79 Å². The highest BCUT2D eigenvalue weighted by molar-refractivity contribution is 5.77. The van der Waals surface area contributed by atoms with Crippen molar-refractivity contribution in [1.82, 2.24) is 24.4 Å². The second-order valence-electron chi connectivity index (χ2n) is 7.52. The van der Waals surface area contributed by atoms with Crippen LogP contribution in [0.2, 0.25) is 0 Å². The highest BCUT2D eigenvalue weighted by Gasteiger charge is 2.20. The third-order valence-corrected chi connectivity index (χ3v) is 5.47. The molecule has 4 rings (SSSR count). The van der Waals surface area contributed by atoms with Gasteiger partial charge >= 0.3 is 0 Å². The van der Waals surface area contributed by atoms with Crippen molar-refractivity contribution in [2.45, 2.75) is 51.1 Å². The normalized spacial score (nSPS) is 14.9. The van der Waals surface area contributed by atoms with Crippen LogP contribution in [-0.2, 0) is 18.4 Å². The smallest absolute Gasteiger partial charge is 0.222 e. The Kier molecular flexibility index (Phi) is 5.55. The largest absolute Gasteiger partial charge is 0.353 e. The molecule has 0 bridgehead atoms. The van der Waals surface area contributed by atoms with Crippen LogP contribution in [0, 0.1) is 0 Å². The molecule has 2 aromatic heterocycles. The third kappa shape index (κ3) is 4.01. The van der Waals surface area contributed by atoms with E-state index in [4.69, 9.17) is 0 Å². The molecule has 0 spiro atoms. The summed E-state index contributed by atoms with van der Waals surface area (Å²) in [5.41, 5.74) is 2.89. The number of carbonyl (C=O) groups is 1. The van der Waals surface area contributed by atoms with Gasteiger partial charge in [0, 0.05) is 44.0 Å². The van der Waals surface area contributed by atoms with Gasteiger partial charge in [-0.05, 0) is 12.8 Å². The van der Waals surface area contributed by atoms with Crippen LogP contribution in [0.4, 0.5) is 0 Å². The van der Waals surface area contributed by atoms with Crippen molar-refractivity contribution in [3.63, 3.8) is 0 Å². The summed E-state index contributed by atoms with van der Waals surface area (Å²) in [5, 5.41) is 3.20. The van der Waals surface area contributed by atoms with Gasteiger partial charge in [0.05, 0.1) is 12.0 Å². The highest BCUT2D eigenvalue weighted by Crippen LogP contribution is 2.30. The molecular weight excluding hydrogens is 350 g/mol. The van der Waals surface area contributed by atoms with Gasteiger partial charge in [-0.25, -0.2) is 9.97 Å². The Balaban J connectivity index is 1.54. The first-order valence-electron chi connectivity index (χ1n) is 10.1. The molecule has 1 aliphatic rings. The topological polar surface area (TPSA) is 64.7 Å². The molecule has 0 radical (unpaired) electrons. The number of nitrogens with one attached hydrogen (secondary N) is 1. The van der Waals surface area contributed by atoms with Crippen molar-refractivity contribution in [2.24, 2.45) is 7.05 Å². The van der Waals surface area contributed by atoms with Crippen molar-refractivity contribution in [1.29, 1.82) is 0 Å². The van der Waals surface area contributed by atoms with Crippen molar-refractivity contribution in [3.8, 4) is 22.8 Å². The average molecular weight is 377 g/mol. The Morgan fingerprint density at radius 1 is 1.14 bits per heavy atom. The predicted octanol–water partition coefficient (Wildman–Crippen LogP) is 3.79.